The van der Waals surface area contributed by atoms with E-state index in [2.05, 4.69) is 0 Å². The van der Waals surface area contributed by atoms with Crippen molar-refractivity contribution in [3.8, 4) is 0 Å². The maximum absolute atomic E-state index is 0. The van der Waals surface area contributed by atoms with Crippen LogP contribution in [0.25, 0.3) is 0 Å². The SMILES string of the molecule is [Ga].[La].[La].[La]. The van der Waals surface area contributed by atoms with Crippen molar-refractivity contribution in [1.82, 2.24) is 0 Å². The van der Waals surface area contributed by atoms with Gasteiger partial charge in [0.25, 0.3) is 0 Å². The van der Waals surface area contributed by atoms with Gasteiger partial charge in [0.15, 0.2) is 0 Å². The topological polar surface area (TPSA) is 0 Å². The quantitative estimate of drug-likeness (QED) is 0.410. The summed E-state index contributed by atoms with van der Waals surface area (Å²) in [5.74, 6) is 0. The largest absolute Gasteiger partial charge is 0 e. The van der Waals surface area contributed by atoms with Crippen molar-refractivity contribution in [3.05, 3.63) is 0 Å². The minimum absolute atomic E-state index is 0. The molecule has 0 amide bonds. The van der Waals surface area contributed by atoms with E-state index < -0.39 is 0 Å². The van der Waals surface area contributed by atoms with Crippen LogP contribution in [-0.2, 0) is 0 Å². The Kier molecular flexibility index (Phi) is 94.3. The second-order valence-corrected chi connectivity index (χ2v) is 0. The Labute approximate surface area is 123 Å². The summed E-state index contributed by atoms with van der Waals surface area (Å²) in [5.41, 5.74) is 0. The van der Waals surface area contributed by atoms with Crippen LogP contribution in [0.15, 0.2) is 0 Å². The van der Waals surface area contributed by atoms with E-state index in [1.54, 1.807) is 0 Å². The van der Waals surface area contributed by atoms with Gasteiger partial charge in [0.05, 0.1) is 0 Å². The third-order valence-corrected chi connectivity index (χ3v) is 0. The molecule has 0 spiro atoms. The first-order chi connectivity index (χ1) is 0. The van der Waals surface area contributed by atoms with Gasteiger partial charge in [0.1, 0.15) is 0 Å². The van der Waals surface area contributed by atoms with E-state index in [0.717, 1.165) is 0 Å². The molecule has 0 atom stereocenters. The fourth-order valence-electron chi connectivity index (χ4n) is 0. The summed E-state index contributed by atoms with van der Waals surface area (Å²) in [6.07, 6.45) is 0. The summed E-state index contributed by atoms with van der Waals surface area (Å²) in [5, 5.41) is 0. The average molecular weight is 486 g/mol. The van der Waals surface area contributed by atoms with Crippen LogP contribution in [0.3, 0.4) is 0 Å². The smallest absolute Gasteiger partial charge is 0 e. The zero-order valence-electron chi connectivity index (χ0n) is 2.31. The van der Waals surface area contributed by atoms with Crippen LogP contribution < -0.4 is 0 Å². The molecule has 0 saturated heterocycles. The molecule has 0 aliphatic heterocycles. The van der Waals surface area contributed by atoms with Crippen LogP contribution in [0.1, 0.15) is 0 Å². The summed E-state index contributed by atoms with van der Waals surface area (Å²) in [6.45, 7) is 0. The molecule has 4 heavy (non-hydrogen) atoms. The molecule has 0 aromatic carbocycles. The third kappa shape index (κ3) is 9.52. The molecule has 0 heterocycles. The predicted octanol–water partition coefficient (Wildman–Crippen LogP) is -0.381. The van der Waals surface area contributed by atoms with E-state index >= 15 is 0 Å². The van der Waals surface area contributed by atoms with E-state index in [0.29, 0.717) is 0 Å². The Morgan fingerprint density at radius 1 is 0.500 bits per heavy atom. The first-order valence-electron chi connectivity index (χ1n) is 0. The molecule has 6 radical (unpaired) electrons. The Bertz CT molecular complexity index is 3.25. The van der Waals surface area contributed by atoms with Crippen molar-refractivity contribution in [2.24, 2.45) is 0 Å². The molecule has 0 unspecified atom stereocenters. The molecule has 0 aromatic heterocycles. The van der Waals surface area contributed by atoms with Crippen molar-refractivity contribution in [1.29, 1.82) is 0 Å². The van der Waals surface area contributed by atoms with Gasteiger partial charge in [-0.3, -0.25) is 0 Å². The number of rotatable bonds is 0. The fraction of sp³-hybridized carbons (Fsp3) is 0. The van der Waals surface area contributed by atoms with Crippen molar-refractivity contribution in [3.63, 3.8) is 0 Å². The van der Waals surface area contributed by atoms with E-state index in [4.69, 9.17) is 0 Å². The molecular formula is GaLa3. The van der Waals surface area contributed by atoms with Crippen LogP contribution in [0.5, 0.6) is 0 Å². The summed E-state index contributed by atoms with van der Waals surface area (Å²) in [6, 6.07) is 0. The van der Waals surface area contributed by atoms with Crippen molar-refractivity contribution in [2.75, 3.05) is 0 Å². The van der Waals surface area contributed by atoms with Gasteiger partial charge in [0, 0.05) is 127 Å². The molecule has 0 N–H and O–H groups in total. The predicted molar refractivity (Wildman–Crippen MR) is 5.75 cm³/mol. The molecular weight excluding hydrogens is 486 g/mol. The normalized spacial score (nSPS) is 0. The molecule has 12 valence electrons. The number of hydrogen-bond acceptors (Lipinski definition) is 0. The van der Waals surface area contributed by atoms with Gasteiger partial charge in [0.2, 0.25) is 0 Å². The molecule has 0 aliphatic carbocycles. The van der Waals surface area contributed by atoms with Gasteiger partial charge in [-0.25, -0.2) is 0 Å². The minimum Gasteiger partial charge on any atom is 0 e. The molecule has 0 aliphatic rings. The first-order valence-corrected chi connectivity index (χ1v) is 0. The molecule has 0 rings (SSSR count). The van der Waals surface area contributed by atoms with Gasteiger partial charge < -0.3 is 0 Å². The first kappa shape index (κ1) is 24.1. The zero-order valence-corrected chi connectivity index (χ0v) is 15.6. The molecule has 0 saturated carbocycles. The summed E-state index contributed by atoms with van der Waals surface area (Å²) < 4.78 is 0. The van der Waals surface area contributed by atoms with E-state index in [1.807, 2.05) is 0 Å². The maximum atomic E-state index is 0. The van der Waals surface area contributed by atoms with Gasteiger partial charge in [-0.15, -0.1) is 0 Å². The summed E-state index contributed by atoms with van der Waals surface area (Å²) >= 11 is 0. The monoisotopic (exact) mass is 486 g/mol. The Morgan fingerprint density at radius 2 is 0.500 bits per heavy atom. The molecule has 0 fully saturated rings. The van der Waals surface area contributed by atoms with Gasteiger partial charge in [-0.2, -0.15) is 0 Å². The van der Waals surface area contributed by atoms with Gasteiger partial charge >= 0.3 is 0 Å². The van der Waals surface area contributed by atoms with Crippen LogP contribution in [0.2, 0.25) is 0 Å². The van der Waals surface area contributed by atoms with E-state index in [1.165, 1.54) is 0 Å². The second kappa shape index (κ2) is 15.7. The van der Waals surface area contributed by atoms with Gasteiger partial charge in [-0.1, -0.05) is 0 Å². The standard InChI is InChI=1S/Ga.3La. The molecule has 0 nitrogen and oxygen atoms in total. The Balaban J connectivity index is 0. The van der Waals surface area contributed by atoms with Crippen LogP contribution >= 0.6 is 0 Å². The average Bonchev–Trinajstić information content (AvgIpc) is 0. The zero-order chi connectivity index (χ0) is 0. The van der Waals surface area contributed by atoms with E-state index in [-0.39, 0.29) is 127 Å². The van der Waals surface area contributed by atoms with Crippen molar-refractivity contribution >= 4 is 19.8 Å². The Morgan fingerprint density at radius 3 is 0.500 bits per heavy atom. The third-order valence-electron chi connectivity index (χ3n) is 0. The summed E-state index contributed by atoms with van der Waals surface area (Å²) in [7, 11) is 0. The molecule has 0 aromatic rings. The van der Waals surface area contributed by atoms with Crippen LogP contribution in [0, 0.1) is 107 Å². The van der Waals surface area contributed by atoms with Crippen molar-refractivity contribution in [2.45, 2.75) is 0 Å². The molecule has 4 heteroatoms. The van der Waals surface area contributed by atoms with Crippen molar-refractivity contribution < 1.29 is 107 Å². The van der Waals surface area contributed by atoms with Crippen LogP contribution in [0.4, 0.5) is 0 Å². The summed E-state index contributed by atoms with van der Waals surface area (Å²) in [4.78, 5) is 0. The fourth-order valence-corrected chi connectivity index (χ4v) is 0. The minimum atomic E-state index is 0. The molecule has 0 bridgehead atoms. The maximum Gasteiger partial charge on any atom is 0 e. The second-order valence-electron chi connectivity index (χ2n) is 0. The van der Waals surface area contributed by atoms with E-state index in [9.17, 15) is 0 Å². The van der Waals surface area contributed by atoms with Gasteiger partial charge in [-0.05, 0) is 0 Å². The Hall–Kier alpha value is 4.22. The van der Waals surface area contributed by atoms with Crippen LogP contribution in [-0.4, -0.2) is 19.8 Å². The number of hydrogen-bond donors (Lipinski definition) is 0.